The molecule has 0 saturated carbocycles. The Balaban J connectivity index is 1.72. The van der Waals surface area contributed by atoms with Gasteiger partial charge in [0.1, 0.15) is 17.6 Å². The van der Waals surface area contributed by atoms with Gasteiger partial charge in [-0.25, -0.2) is 4.98 Å². The van der Waals surface area contributed by atoms with Crippen LogP contribution in [0.2, 0.25) is 0 Å². The number of pyridine rings is 1. The Bertz CT molecular complexity index is 769. The first kappa shape index (κ1) is 17.0. The second kappa shape index (κ2) is 6.93. The molecule has 0 unspecified atom stereocenters. The van der Waals surface area contributed by atoms with E-state index in [4.69, 9.17) is 5.26 Å². The van der Waals surface area contributed by atoms with E-state index >= 15 is 0 Å². The molecule has 0 spiro atoms. The van der Waals surface area contributed by atoms with Crippen LogP contribution in [-0.2, 0) is 6.18 Å². The van der Waals surface area contributed by atoms with Crippen LogP contribution in [-0.4, -0.2) is 41.4 Å². The first-order valence-electron chi connectivity index (χ1n) is 7.75. The van der Waals surface area contributed by atoms with Crippen LogP contribution in [0.1, 0.15) is 17.8 Å². The van der Waals surface area contributed by atoms with Crippen molar-refractivity contribution in [2.24, 2.45) is 0 Å². The zero-order valence-corrected chi connectivity index (χ0v) is 13.2. The molecule has 0 atom stereocenters. The summed E-state index contributed by atoms with van der Waals surface area (Å²) >= 11 is 0. The summed E-state index contributed by atoms with van der Waals surface area (Å²) in [5.74, 6) is 0.973. The van der Waals surface area contributed by atoms with Crippen LogP contribution in [0, 0.1) is 11.3 Å². The normalized spacial score (nSPS) is 15.6. The molecule has 6 nitrogen and oxygen atoms in total. The summed E-state index contributed by atoms with van der Waals surface area (Å²) in [5, 5.41) is 16.6. The topological polar surface area (TPSA) is 68.9 Å². The largest absolute Gasteiger partial charge is 0.433 e. The number of nitriles is 1. The molecule has 1 fully saturated rings. The lowest BCUT2D eigenvalue weighted by molar-refractivity contribution is -0.141. The van der Waals surface area contributed by atoms with E-state index in [1.807, 2.05) is 15.9 Å². The first-order chi connectivity index (χ1) is 12.0. The molecule has 0 aromatic carbocycles. The number of rotatable bonds is 2. The van der Waals surface area contributed by atoms with Gasteiger partial charge >= 0.3 is 6.18 Å². The van der Waals surface area contributed by atoms with Crippen molar-refractivity contribution in [1.82, 2.24) is 15.2 Å². The average Bonchev–Trinajstić information content (AvgIpc) is 2.87. The van der Waals surface area contributed by atoms with Crippen LogP contribution in [0.3, 0.4) is 0 Å². The zero-order chi connectivity index (χ0) is 17.9. The molecule has 3 rings (SSSR count). The highest BCUT2D eigenvalue weighted by Crippen LogP contribution is 2.29. The molecular formula is C16H15F3N6. The van der Waals surface area contributed by atoms with Gasteiger partial charge in [0, 0.05) is 26.2 Å². The summed E-state index contributed by atoms with van der Waals surface area (Å²) in [6, 6.07) is 9.17. The van der Waals surface area contributed by atoms with Crippen molar-refractivity contribution < 1.29 is 13.2 Å². The van der Waals surface area contributed by atoms with Crippen LogP contribution >= 0.6 is 0 Å². The van der Waals surface area contributed by atoms with E-state index in [9.17, 15) is 13.2 Å². The highest BCUT2D eigenvalue weighted by Gasteiger charge is 2.33. The Labute approximate surface area is 142 Å². The number of alkyl halides is 3. The molecule has 25 heavy (non-hydrogen) atoms. The van der Waals surface area contributed by atoms with Gasteiger partial charge in [-0.1, -0.05) is 6.07 Å². The third-order valence-electron chi connectivity index (χ3n) is 3.93. The molecule has 0 amide bonds. The van der Waals surface area contributed by atoms with Gasteiger partial charge in [-0.15, -0.1) is 10.2 Å². The summed E-state index contributed by atoms with van der Waals surface area (Å²) in [6.45, 7) is 2.42. The van der Waals surface area contributed by atoms with E-state index in [0.29, 0.717) is 37.8 Å². The minimum absolute atomic E-state index is 0.244. The molecule has 2 aromatic rings. The molecule has 9 heteroatoms. The van der Waals surface area contributed by atoms with E-state index in [-0.39, 0.29) is 5.69 Å². The molecule has 1 aliphatic rings. The van der Waals surface area contributed by atoms with Crippen molar-refractivity contribution in [1.29, 1.82) is 5.26 Å². The molecule has 0 aliphatic carbocycles. The SMILES string of the molecule is N#Cc1ccc(N2CCCN(c3cccc(C(F)(F)F)n3)CC2)nn1. The van der Waals surface area contributed by atoms with Crippen molar-refractivity contribution in [2.75, 3.05) is 36.0 Å². The highest BCUT2D eigenvalue weighted by atomic mass is 19.4. The van der Waals surface area contributed by atoms with Crippen LogP contribution in [0.25, 0.3) is 0 Å². The maximum Gasteiger partial charge on any atom is 0.433 e. The van der Waals surface area contributed by atoms with Gasteiger partial charge in [-0.05, 0) is 30.7 Å². The van der Waals surface area contributed by atoms with Crippen molar-refractivity contribution in [3.8, 4) is 6.07 Å². The zero-order valence-electron chi connectivity index (χ0n) is 13.2. The van der Waals surface area contributed by atoms with Crippen LogP contribution < -0.4 is 9.80 Å². The van der Waals surface area contributed by atoms with E-state index in [1.165, 1.54) is 6.07 Å². The van der Waals surface area contributed by atoms with Gasteiger partial charge in [-0.3, -0.25) is 0 Å². The monoisotopic (exact) mass is 348 g/mol. The standard InChI is InChI=1S/C16H15F3N6/c17-16(18,19)13-3-1-4-14(21-13)24-7-2-8-25(10-9-24)15-6-5-12(11-20)22-23-15/h1,3-6H,2,7-10H2. The van der Waals surface area contributed by atoms with Gasteiger partial charge in [0.05, 0.1) is 0 Å². The fourth-order valence-electron chi connectivity index (χ4n) is 2.69. The van der Waals surface area contributed by atoms with E-state index in [1.54, 1.807) is 18.2 Å². The minimum Gasteiger partial charge on any atom is -0.355 e. The quantitative estimate of drug-likeness (QED) is 0.831. The maximum absolute atomic E-state index is 12.8. The van der Waals surface area contributed by atoms with Crippen molar-refractivity contribution in [2.45, 2.75) is 12.6 Å². The lowest BCUT2D eigenvalue weighted by Crippen LogP contribution is -2.32. The molecule has 0 radical (unpaired) electrons. The van der Waals surface area contributed by atoms with Crippen LogP contribution in [0.15, 0.2) is 30.3 Å². The molecule has 130 valence electrons. The Hall–Kier alpha value is -2.89. The van der Waals surface area contributed by atoms with Crippen LogP contribution in [0.4, 0.5) is 24.8 Å². The molecule has 3 heterocycles. The second-order valence-electron chi connectivity index (χ2n) is 5.60. The summed E-state index contributed by atoms with van der Waals surface area (Å²) < 4.78 is 38.5. The predicted octanol–water partition coefficient (Wildman–Crippen LogP) is 2.48. The van der Waals surface area contributed by atoms with Crippen LogP contribution in [0.5, 0.6) is 0 Å². The number of hydrogen-bond donors (Lipinski definition) is 0. The number of nitrogens with zero attached hydrogens (tertiary/aromatic N) is 6. The lowest BCUT2D eigenvalue weighted by Gasteiger charge is -2.23. The summed E-state index contributed by atoms with van der Waals surface area (Å²) in [4.78, 5) is 7.59. The number of aromatic nitrogens is 3. The smallest absolute Gasteiger partial charge is 0.355 e. The third kappa shape index (κ3) is 3.96. The van der Waals surface area contributed by atoms with Crippen molar-refractivity contribution in [3.63, 3.8) is 0 Å². The fraction of sp³-hybridized carbons (Fsp3) is 0.375. The van der Waals surface area contributed by atoms with Crippen molar-refractivity contribution in [3.05, 3.63) is 41.7 Å². The third-order valence-corrected chi connectivity index (χ3v) is 3.93. The fourth-order valence-corrected chi connectivity index (χ4v) is 2.69. The Morgan fingerprint density at radius 1 is 0.920 bits per heavy atom. The van der Waals surface area contributed by atoms with Gasteiger partial charge in [0.25, 0.3) is 0 Å². The number of hydrogen-bond acceptors (Lipinski definition) is 6. The molecule has 0 N–H and O–H groups in total. The second-order valence-corrected chi connectivity index (χ2v) is 5.60. The first-order valence-corrected chi connectivity index (χ1v) is 7.75. The summed E-state index contributed by atoms with van der Waals surface area (Å²) in [5.41, 5.74) is -0.641. The molecule has 1 aliphatic heterocycles. The van der Waals surface area contributed by atoms with Gasteiger partial charge < -0.3 is 9.80 Å². The van der Waals surface area contributed by atoms with Gasteiger partial charge in [0.15, 0.2) is 11.5 Å². The molecule has 2 aromatic heterocycles. The highest BCUT2D eigenvalue weighted by molar-refractivity contribution is 5.43. The number of anilines is 2. The lowest BCUT2D eigenvalue weighted by atomic mass is 10.3. The van der Waals surface area contributed by atoms with E-state index in [2.05, 4.69) is 15.2 Å². The van der Waals surface area contributed by atoms with Crippen molar-refractivity contribution >= 4 is 11.6 Å². The predicted molar refractivity (Wildman–Crippen MR) is 85.0 cm³/mol. The summed E-state index contributed by atoms with van der Waals surface area (Å²) in [6.07, 6.45) is -3.70. The van der Waals surface area contributed by atoms with E-state index in [0.717, 1.165) is 12.5 Å². The number of halogens is 3. The Morgan fingerprint density at radius 3 is 2.24 bits per heavy atom. The molecular weight excluding hydrogens is 333 g/mol. The minimum atomic E-state index is -4.45. The molecule has 0 bridgehead atoms. The molecule has 1 saturated heterocycles. The Kier molecular flexibility index (Phi) is 4.70. The average molecular weight is 348 g/mol. The Morgan fingerprint density at radius 2 is 1.64 bits per heavy atom. The van der Waals surface area contributed by atoms with Gasteiger partial charge in [0.2, 0.25) is 0 Å². The van der Waals surface area contributed by atoms with E-state index < -0.39 is 11.9 Å². The maximum atomic E-state index is 12.8. The summed E-state index contributed by atoms with van der Waals surface area (Å²) in [7, 11) is 0. The van der Waals surface area contributed by atoms with Gasteiger partial charge in [-0.2, -0.15) is 18.4 Å².